The van der Waals surface area contributed by atoms with Crippen LogP contribution in [0.1, 0.15) is 35.5 Å². The summed E-state index contributed by atoms with van der Waals surface area (Å²) in [5.41, 5.74) is 0.678. The van der Waals surface area contributed by atoms with Crippen LogP contribution in [0.15, 0.2) is 41.1 Å². The van der Waals surface area contributed by atoms with Crippen molar-refractivity contribution in [2.75, 3.05) is 26.7 Å². The lowest BCUT2D eigenvalue weighted by Crippen LogP contribution is -2.47. The fraction of sp³-hybridized carbons (Fsp3) is 0.545. The van der Waals surface area contributed by atoms with Crippen LogP contribution in [0.2, 0.25) is 0 Å². The van der Waals surface area contributed by atoms with E-state index in [1.807, 2.05) is 47.0 Å². The Morgan fingerprint density at radius 2 is 1.91 bits per heavy atom. The Hall–Kier alpha value is -2.79. The first-order valence-corrected chi connectivity index (χ1v) is 10.6. The topological polar surface area (TPSA) is 88.2 Å². The van der Waals surface area contributed by atoms with Crippen LogP contribution < -0.4 is 0 Å². The largest absolute Gasteiger partial charge is 0.490 e. The van der Waals surface area contributed by atoms with E-state index in [9.17, 15) is 18.0 Å². The average Bonchev–Trinajstić information content (AvgIpc) is 3.50. The van der Waals surface area contributed by atoms with E-state index < -0.39 is 12.1 Å². The lowest BCUT2D eigenvalue weighted by Gasteiger charge is -2.39. The zero-order valence-corrected chi connectivity index (χ0v) is 18.5. The number of aryl methyl sites for hydroxylation is 1. The van der Waals surface area contributed by atoms with Crippen molar-refractivity contribution in [2.45, 2.75) is 43.6 Å². The highest BCUT2D eigenvalue weighted by Gasteiger charge is 2.44. The van der Waals surface area contributed by atoms with E-state index in [2.05, 4.69) is 11.9 Å². The van der Waals surface area contributed by atoms with Gasteiger partial charge in [-0.1, -0.05) is 0 Å². The molecule has 2 fully saturated rings. The number of carboxylic acid groups (broad SMARTS) is 1. The summed E-state index contributed by atoms with van der Waals surface area (Å²) < 4.78 is 45.3. The number of carbonyl (C=O) groups excluding carboxylic acids is 1. The van der Waals surface area contributed by atoms with Crippen LogP contribution in [0.3, 0.4) is 0 Å². The summed E-state index contributed by atoms with van der Waals surface area (Å²) in [5, 5.41) is 7.12. The minimum absolute atomic E-state index is 0.0763. The first-order chi connectivity index (χ1) is 15.5. The Morgan fingerprint density at radius 1 is 1.24 bits per heavy atom. The van der Waals surface area contributed by atoms with Gasteiger partial charge < -0.3 is 23.7 Å². The van der Waals surface area contributed by atoms with Gasteiger partial charge in [0.15, 0.2) is 0 Å². The van der Waals surface area contributed by atoms with Crippen LogP contribution in [0.4, 0.5) is 13.2 Å². The van der Waals surface area contributed by atoms with Crippen molar-refractivity contribution >= 4 is 11.9 Å². The van der Waals surface area contributed by atoms with Gasteiger partial charge in [0.1, 0.15) is 11.5 Å². The maximum Gasteiger partial charge on any atom is 0.490 e. The minimum Gasteiger partial charge on any atom is -0.475 e. The van der Waals surface area contributed by atoms with Gasteiger partial charge in [-0.25, -0.2) is 4.79 Å². The number of amides is 1. The standard InChI is InChI=1S/C20H27N3O3.C2HF3O2/c1-21-9-3-6-18(21)19(24)23-10-7-20(8-11-23)13-16(15-26-20)22(2)14-17-5-4-12-25-17;3-2(4,5)1(6)7/h3-6,9,12,16H,7-8,10-11,13-15H2,1-2H3;(H,6,7). The Balaban J connectivity index is 0.000000383. The maximum absolute atomic E-state index is 12.7. The number of furan rings is 1. The van der Waals surface area contributed by atoms with E-state index in [1.54, 1.807) is 6.26 Å². The van der Waals surface area contributed by atoms with Gasteiger partial charge >= 0.3 is 12.1 Å². The third-order valence-electron chi connectivity index (χ3n) is 6.17. The molecule has 0 bridgehead atoms. The van der Waals surface area contributed by atoms with Crippen LogP contribution in [0.25, 0.3) is 0 Å². The molecule has 2 aromatic heterocycles. The zero-order chi connectivity index (χ0) is 24.2. The van der Waals surface area contributed by atoms with Crippen molar-refractivity contribution in [3.05, 3.63) is 48.2 Å². The van der Waals surface area contributed by atoms with Crippen LogP contribution in [0, 0.1) is 0 Å². The van der Waals surface area contributed by atoms with Crippen LogP contribution >= 0.6 is 0 Å². The number of aliphatic carboxylic acids is 1. The normalized spacial score (nSPS) is 20.1. The number of likely N-dealkylation sites (tertiary alicyclic amines) is 1. The van der Waals surface area contributed by atoms with E-state index >= 15 is 0 Å². The van der Waals surface area contributed by atoms with Crippen molar-refractivity contribution in [1.29, 1.82) is 0 Å². The molecule has 0 aromatic carbocycles. The number of nitrogens with zero attached hydrogens (tertiary/aromatic N) is 3. The quantitative estimate of drug-likeness (QED) is 0.737. The minimum atomic E-state index is -5.08. The summed E-state index contributed by atoms with van der Waals surface area (Å²) in [6, 6.07) is 8.14. The SMILES string of the molecule is CN(Cc1ccco1)C1COC2(CCN(C(=O)c3cccn3C)CC2)C1.O=C(O)C(F)(F)F. The molecule has 2 aliphatic heterocycles. The molecule has 11 heteroatoms. The van der Waals surface area contributed by atoms with Gasteiger partial charge in [0.25, 0.3) is 5.91 Å². The highest BCUT2D eigenvalue weighted by molar-refractivity contribution is 5.92. The van der Waals surface area contributed by atoms with Crippen LogP contribution in [-0.2, 0) is 23.1 Å². The van der Waals surface area contributed by atoms with Gasteiger partial charge in [0.2, 0.25) is 0 Å². The molecule has 1 unspecified atom stereocenters. The number of carboxylic acids is 1. The number of carbonyl (C=O) groups is 2. The summed E-state index contributed by atoms with van der Waals surface area (Å²) >= 11 is 0. The third-order valence-corrected chi connectivity index (χ3v) is 6.17. The van der Waals surface area contributed by atoms with Crippen LogP contribution in [0.5, 0.6) is 0 Å². The number of piperidine rings is 1. The molecule has 4 heterocycles. The lowest BCUT2D eigenvalue weighted by molar-refractivity contribution is -0.192. The van der Waals surface area contributed by atoms with Crippen molar-refractivity contribution in [3.63, 3.8) is 0 Å². The Bertz CT molecular complexity index is 933. The highest BCUT2D eigenvalue weighted by Crippen LogP contribution is 2.38. The number of halogens is 3. The fourth-order valence-corrected chi connectivity index (χ4v) is 4.19. The number of hydrogen-bond donors (Lipinski definition) is 1. The summed E-state index contributed by atoms with van der Waals surface area (Å²) in [4.78, 5) is 25.9. The monoisotopic (exact) mass is 471 g/mol. The first kappa shape index (κ1) is 24.8. The van der Waals surface area contributed by atoms with Crippen LogP contribution in [-0.4, -0.2) is 75.9 Å². The molecule has 8 nitrogen and oxygen atoms in total. The second-order valence-corrected chi connectivity index (χ2v) is 8.45. The molecule has 0 aliphatic carbocycles. The predicted octanol–water partition coefficient (Wildman–Crippen LogP) is 3.15. The van der Waals surface area contributed by atoms with Crippen molar-refractivity contribution < 1.29 is 37.0 Å². The number of alkyl halides is 3. The second kappa shape index (κ2) is 10.0. The van der Waals surface area contributed by atoms with Gasteiger partial charge in [0.05, 0.1) is 25.0 Å². The van der Waals surface area contributed by atoms with Gasteiger partial charge in [-0.15, -0.1) is 0 Å². The smallest absolute Gasteiger partial charge is 0.475 e. The summed E-state index contributed by atoms with van der Waals surface area (Å²) in [6.45, 7) is 3.08. The Kier molecular flexibility index (Phi) is 7.53. The maximum atomic E-state index is 12.7. The lowest BCUT2D eigenvalue weighted by atomic mass is 9.87. The Labute approximate surface area is 189 Å². The molecule has 2 aromatic rings. The molecule has 182 valence electrons. The molecule has 0 radical (unpaired) electrons. The molecule has 1 atom stereocenters. The Morgan fingerprint density at radius 3 is 2.42 bits per heavy atom. The zero-order valence-electron chi connectivity index (χ0n) is 18.5. The van der Waals surface area contributed by atoms with Gasteiger partial charge in [-0.2, -0.15) is 13.2 Å². The van der Waals surface area contributed by atoms with Crippen molar-refractivity contribution in [1.82, 2.24) is 14.4 Å². The number of ether oxygens (including phenoxy) is 1. The molecule has 0 saturated carbocycles. The molecule has 2 aliphatic rings. The number of aromatic nitrogens is 1. The number of likely N-dealkylation sites (N-methyl/N-ethyl adjacent to an activating group) is 1. The van der Waals surface area contributed by atoms with Crippen molar-refractivity contribution in [2.24, 2.45) is 7.05 Å². The fourth-order valence-electron chi connectivity index (χ4n) is 4.19. The number of rotatable bonds is 4. The molecule has 33 heavy (non-hydrogen) atoms. The molecular weight excluding hydrogens is 443 g/mol. The van der Waals surface area contributed by atoms with Crippen molar-refractivity contribution in [3.8, 4) is 0 Å². The third kappa shape index (κ3) is 6.17. The van der Waals surface area contributed by atoms with E-state index in [0.717, 1.165) is 57.0 Å². The highest BCUT2D eigenvalue weighted by atomic mass is 19.4. The van der Waals surface area contributed by atoms with E-state index in [4.69, 9.17) is 19.1 Å². The van der Waals surface area contributed by atoms with Gasteiger partial charge in [-0.3, -0.25) is 9.69 Å². The summed E-state index contributed by atoms with van der Waals surface area (Å²) in [5.74, 6) is -1.65. The molecule has 1 spiro atoms. The molecule has 1 amide bonds. The van der Waals surface area contributed by atoms with E-state index in [1.165, 1.54) is 0 Å². The van der Waals surface area contributed by atoms with Gasteiger partial charge in [-0.05, 0) is 50.6 Å². The molecule has 1 N–H and O–H groups in total. The molecule has 2 saturated heterocycles. The summed E-state index contributed by atoms with van der Waals surface area (Å²) in [7, 11) is 4.04. The first-order valence-electron chi connectivity index (χ1n) is 10.6. The van der Waals surface area contributed by atoms with Gasteiger partial charge in [0, 0.05) is 32.4 Å². The summed E-state index contributed by atoms with van der Waals surface area (Å²) in [6.07, 6.45) is 1.40. The predicted molar refractivity (Wildman–Crippen MR) is 112 cm³/mol. The number of hydrogen-bond acceptors (Lipinski definition) is 5. The van der Waals surface area contributed by atoms with E-state index in [-0.39, 0.29) is 11.5 Å². The van der Waals surface area contributed by atoms with E-state index in [0.29, 0.717) is 6.04 Å². The molecule has 4 rings (SSSR count). The second-order valence-electron chi connectivity index (χ2n) is 8.45. The average molecular weight is 471 g/mol. The molecular formula is C22H28F3N3O5.